The summed E-state index contributed by atoms with van der Waals surface area (Å²) in [6, 6.07) is 14.5. The van der Waals surface area contributed by atoms with E-state index in [1.165, 1.54) is 16.9 Å². The Hall–Kier alpha value is -1.65. The number of hydrogen-bond acceptors (Lipinski definition) is 3. The molecule has 2 rings (SSSR count). The van der Waals surface area contributed by atoms with E-state index in [1.807, 2.05) is 25.1 Å². The lowest BCUT2D eigenvalue weighted by Gasteiger charge is -2.24. The summed E-state index contributed by atoms with van der Waals surface area (Å²) in [5.41, 5.74) is 1.29. The van der Waals surface area contributed by atoms with Crippen LogP contribution in [-0.2, 0) is 6.42 Å². The Morgan fingerprint density at radius 3 is 2.48 bits per heavy atom. The van der Waals surface area contributed by atoms with Crippen molar-refractivity contribution in [3.05, 3.63) is 57.8 Å². The fraction of sp³-hybridized carbons (Fsp3) is 0.353. The van der Waals surface area contributed by atoms with Gasteiger partial charge in [-0.3, -0.25) is 4.79 Å². The first kappa shape index (κ1) is 15.7. The molecule has 112 valence electrons. The second kappa shape index (κ2) is 7.38. The molecule has 0 aliphatic heterocycles. The molecule has 1 heterocycles. The van der Waals surface area contributed by atoms with E-state index in [2.05, 4.69) is 48.6 Å². The number of benzene rings is 1. The number of aryl methyl sites for hydroxylation is 1. The quantitative estimate of drug-likeness (QED) is 0.890. The van der Waals surface area contributed by atoms with Crippen LogP contribution < -0.4 is 5.32 Å². The van der Waals surface area contributed by atoms with Gasteiger partial charge < -0.3 is 10.2 Å². The summed E-state index contributed by atoms with van der Waals surface area (Å²) in [6.07, 6.45) is 0.928. The maximum Gasteiger partial charge on any atom is 0.261 e. The number of carbonyl (C=O) groups excluding carboxylic acids is 1. The lowest BCUT2D eigenvalue weighted by Crippen LogP contribution is -2.41. The van der Waals surface area contributed by atoms with Gasteiger partial charge in [0.15, 0.2) is 0 Å². The van der Waals surface area contributed by atoms with Crippen molar-refractivity contribution in [1.29, 1.82) is 0 Å². The van der Waals surface area contributed by atoms with Gasteiger partial charge in [-0.25, -0.2) is 0 Å². The molecule has 21 heavy (non-hydrogen) atoms. The van der Waals surface area contributed by atoms with E-state index >= 15 is 0 Å². The van der Waals surface area contributed by atoms with Crippen LogP contribution in [0.25, 0.3) is 0 Å². The number of likely N-dealkylation sites (N-methyl/N-ethyl adjacent to an activating group) is 1. The van der Waals surface area contributed by atoms with Crippen LogP contribution in [0.5, 0.6) is 0 Å². The first-order valence-electron chi connectivity index (χ1n) is 7.11. The highest BCUT2D eigenvalue weighted by atomic mass is 32.1. The second-order valence-corrected chi connectivity index (χ2v) is 6.72. The molecule has 3 nitrogen and oxygen atoms in total. The van der Waals surface area contributed by atoms with E-state index in [1.54, 1.807) is 0 Å². The molecule has 0 spiro atoms. The smallest absolute Gasteiger partial charge is 0.261 e. The molecule has 0 aliphatic rings. The van der Waals surface area contributed by atoms with Gasteiger partial charge in [-0.15, -0.1) is 11.3 Å². The Labute approximate surface area is 130 Å². The topological polar surface area (TPSA) is 32.3 Å². The van der Waals surface area contributed by atoms with E-state index in [0.29, 0.717) is 6.54 Å². The molecule has 0 bridgehead atoms. The largest absolute Gasteiger partial charge is 0.350 e. The van der Waals surface area contributed by atoms with Crippen molar-refractivity contribution in [2.75, 3.05) is 20.6 Å². The highest BCUT2D eigenvalue weighted by Gasteiger charge is 2.15. The molecular formula is C17H22N2OS. The Bertz CT molecular complexity index is 577. The highest BCUT2D eigenvalue weighted by Crippen LogP contribution is 2.14. The Kier molecular flexibility index (Phi) is 5.53. The zero-order valence-electron chi connectivity index (χ0n) is 12.8. The van der Waals surface area contributed by atoms with Gasteiger partial charge in [0.1, 0.15) is 0 Å². The second-order valence-electron chi connectivity index (χ2n) is 5.43. The lowest BCUT2D eigenvalue weighted by molar-refractivity contribution is 0.0946. The molecule has 1 N–H and O–H groups in total. The number of rotatable bonds is 6. The average Bonchev–Trinajstić information content (AvgIpc) is 2.90. The van der Waals surface area contributed by atoms with E-state index in [9.17, 15) is 4.79 Å². The minimum absolute atomic E-state index is 0.0213. The molecule has 1 atom stereocenters. The Balaban J connectivity index is 1.93. The van der Waals surface area contributed by atoms with Gasteiger partial charge in [0.05, 0.1) is 4.88 Å². The summed E-state index contributed by atoms with van der Waals surface area (Å²) in [5.74, 6) is 0.0213. The van der Waals surface area contributed by atoms with Crippen LogP contribution >= 0.6 is 11.3 Å². The molecule has 0 fully saturated rings. The summed E-state index contributed by atoms with van der Waals surface area (Å²) in [7, 11) is 4.10. The van der Waals surface area contributed by atoms with Gasteiger partial charge in [-0.05, 0) is 45.1 Å². The van der Waals surface area contributed by atoms with Crippen LogP contribution in [0.1, 0.15) is 20.1 Å². The molecule has 0 unspecified atom stereocenters. The third-order valence-corrected chi connectivity index (χ3v) is 4.51. The first-order chi connectivity index (χ1) is 10.1. The third kappa shape index (κ3) is 4.69. The molecule has 0 radical (unpaired) electrons. The first-order valence-corrected chi connectivity index (χ1v) is 7.93. The fourth-order valence-electron chi connectivity index (χ4n) is 2.18. The molecule has 0 aliphatic carbocycles. The van der Waals surface area contributed by atoms with Crippen molar-refractivity contribution in [1.82, 2.24) is 10.2 Å². The lowest BCUT2D eigenvalue weighted by atomic mass is 10.1. The molecular weight excluding hydrogens is 280 g/mol. The standard InChI is InChI=1S/C17H22N2OS/c1-13-9-10-16(21-13)17(20)18-12-15(19(2)3)11-14-7-5-4-6-8-14/h4-10,15H,11-12H2,1-3H3,(H,18,20)/t15-/m0/s1. The van der Waals surface area contributed by atoms with E-state index in [4.69, 9.17) is 0 Å². The van der Waals surface area contributed by atoms with Crippen molar-refractivity contribution in [2.45, 2.75) is 19.4 Å². The zero-order chi connectivity index (χ0) is 15.2. The van der Waals surface area contributed by atoms with Crippen molar-refractivity contribution in [3.8, 4) is 0 Å². The Morgan fingerprint density at radius 1 is 1.19 bits per heavy atom. The van der Waals surface area contributed by atoms with Gasteiger partial charge in [0.25, 0.3) is 5.91 Å². The maximum absolute atomic E-state index is 12.1. The normalized spacial score (nSPS) is 12.4. The van der Waals surface area contributed by atoms with E-state index in [-0.39, 0.29) is 11.9 Å². The third-order valence-electron chi connectivity index (χ3n) is 3.51. The molecule has 1 aromatic heterocycles. The molecule has 4 heteroatoms. The number of carbonyl (C=O) groups is 1. The zero-order valence-corrected chi connectivity index (χ0v) is 13.6. The predicted octanol–water partition coefficient (Wildman–Crippen LogP) is 2.96. The highest BCUT2D eigenvalue weighted by molar-refractivity contribution is 7.13. The van der Waals surface area contributed by atoms with Gasteiger partial charge in [0, 0.05) is 17.5 Å². The van der Waals surface area contributed by atoms with E-state index < -0.39 is 0 Å². The predicted molar refractivity (Wildman–Crippen MR) is 89.0 cm³/mol. The fourth-order valence-corrected chi connectivity index (χ4v) is 2.96. The van der Waals surface area contributed by atoms with Gasteiger partial charge in [-0.2, -0.15) is 0 Å². The molecule has 0 saturated heterocycles. The number of nitrogens with one attached hydrogen (secondary N) is 1. The number of nitrogens with zero attached hydrogens (tertiary/aromatic N) is 1. The monoisotopic (exact) mass is 302 g/mol. The van der Waals surface area contributed by atoms with Crippen molar-refractivity contribution >= 4 is 17.2 Å². The number of amides is 1. The minimum Gasteiger partial charge on any atom is -0.350 e. The van der Waals surface area contributed by atoms with Gasteiger partial charge in [-0.1, -0.05) is 30.3 Å². The summed E-state index contributed by atoms with van der Waals surface area (Å²) in [4.78, 5) is 16.2. The summed E-state index contributed by atoms with van der Waals surface area (Å²) in [6.45, 7) is 2.66. The average molecular weight is 302 g/mol. The van der Waals surface area contributed by atoms with Crippen LogP contribution in [-0.4, -0.2) is 37.5 Å². The van der Waals surface area contributed by atoms with Gasteiger partial charge in [0.2, 0.25) is 0 Å². The van der Waals surface area contributed by atoms with Crippen LogP contribution in [0.4, 0.5) is 0 Å². The SMILES string of the molecule is Cc1ccc(C(=O)NC[C@H](Cc2ccccc2)N(C)C)s1. The van der Waals surface area contributed by atoms with Crippen molar-refractivity contribution < 1.29 is 4.79 Å². The molecule has 2 aromatic rings. The summed E-state index contributed by atoms with van der Waals surface area (Å²) in [5, 5.41) is 3.04. The van der Waals surface area contributed by atoms with Crippen LogP contribution in [0.3, 0.4) is 0 Å². The van der Waals surface area contributed by atoms with E-state index in [0.717, 1.165) is 16.2 Å². The molecule has 1 amide bonds. The minimum atomic E-state index is 0.0213. The summed E-state index contributed by atoms with van der Waals surface area (Å²) < 4.78 is 0. The van der Waals surface area contributed by atoms with Crippen LogP contribution in [0.2, 0.25) is 0 Å². The maximum atomic E-state index is 12.1. The molecule has 1 aromatic carbocycles. The van der Waals surface area contributed by atoms with Gasteiger partial charge >= 0.3 is 0 Å². The summed E-state index contributed by atoms with van der Waals surface area (Å²) >= 11 is 1.53. The number of hydrogen-bond donors (Lipinski definition) is 1. The Morgan fingerprint density at radius 2 is 1.90 bits per heavy atom. The van der Waals surface area contributed by atoms with Crippen LogP contribution in [0, 0.1) is 6.92 Å². The molecule has 0 saturated carbocycles. The number of thiophene rings is 1. The van der Waals surface area contributed by atoms with Crippen LogP contribution in [0.15, 0.2) is 42.5 Å². The van der Waals surface area contributed by atoms with Crippen molar-refractivity contribution in [2.24, 2.45) is 0 Å². The van der Waals surface area contributed by atoms with Crippen molar-refractivity contribution in [3.63, 3.8) is 0 Å².